The minimum atomic E-state index is -2.11. The van der Waals surface area contributed by atoms with Gasteiger partial charge in [-0.3, -0.25) is 0 Å². The Morgan fingerprint density at radius 2 is 1.94 bits per heavy atom. The van der Waals surface area contributed by atoms with Gasteiger partial charge in [0.05, 0.1) is 10.5 Å². The van der Waals surface area contributed by atoms with Gasteiger partial charge in [0.15, 0.2) is 11.1 Å². The van der Waals surface area contributed by atoms with Gasteiger partial charge in [-0.1, -0.05) is 0 Å². The first-order chi connectivity index (χ1) is 7.59. The van der Waals surface area contributed by atoms with E-state index in [0.717, 1.165) is 36.8 Å². The van der Waals surface area contributed by atoms with Crippen molar-refractivity contribution in [3.63, 3.8) is 0 Å². The Kier molecular flexibility index (Phi) is 3.07. The van der Waals surface area contributed by atoms with Crippen LogP contribution in [0.5, 0.6) is 0 Å². The van der Waals surface area contributed by atoms with Crippen LogP contribution in [0.25, 0.3) is 0 Å². The summed E-state index contributed by atoms with van der Waals surface area (Å²) in [4.78, 5) is 11.1. The molecule has 2 rings (SSSR count). The van der Waals surface area contributed by atoms with E-state index in [1.165, 1.54) is 6.07 Å². The average Bonchev–Trinajstić information content (AvgIpc) is 2.27. The fourth-order valence-electron chi connectivity index (χ4n) is 2.11. The Hall–Kier alpha value is -1.20. The molecule has 86 valence electrons. The highest BCUT2D eigenvalue weighted by atomic mass is 32.2. The molecule has 16 heavy (non-hydrogen) atoms. The number of hydrogen-bond acceptors (Lipinski definition) is 2. The number of aromatic carboxylic acids is 1. The standard InChI is InChI=1S/C11H12O4S/c12-11(13)8-5-7-3-1-2-4-9(7)10(6-8)16(14)15/h5-6H,1-4H2,(H,12,13)(H,14,15). The van der Waals surface area contributed by atoms with Gasteiger partial charge in [-0.2, -0.15) is 0 Å². The topological polar surface area (TPSA) is 74.6 Å². The zero-order valence-corrected chi connectivity index (χ0v) is 9.42. The summed E-state index contributed by atoms with van der Waals surface area (Å²) in [5, 5.41) is 8.91. The summed E-state index contributed by atoms with van der Waals surface area (Å²) in [6.45, 7) is 0. The summed E-state index contributed by atoms with van der Waals surface area (Å²) in [5.74, 6) is -1.06. The third kappa shape index (κ3) is 2.01. The Morgan fingerprint density at radius 1 is 1.25 bits per heavy atom. The van der Waals surface area contributed by atoms with Gasteiger partial charge in [0, 0.05) is 0 Å². The summed E-state index contributed by atoms with van der Waals surface area (Å²) in [6, 6.07) is 2.93. The highest BCUT2D eigenvalue weighted by molar-refractivity contribution is 7.79. The second-order valence-electron chi connectivity index (χ2n) is 3.87. The third-order valence-electron chi connectivity index (χ3n) is 2.86. The number of carboxylic acid groups (broad SMARTS) is 1. The van der Waals surface area contributed by atoms with Crippen LogP contribution in [-0.4, -0.2) is 19.8 Å². The van der Waals surface area contributed by atoms with Crippen LogP contribution in [0.4, 0.5) is 0 Å². The molecule has 2 N–H and O–H groups in total. The minimum absolute atomic E-state index is 0.0954. The number of benzene rings is 1. The molecule has 0 saturated carbocycles. The van der Waals surface area contributed by atoms with Gasteiger partial charge >= 0.3 is 5.97 Å². The molecule has 0 bridgehead atoms. The van der Waals surface area contributed by atoms with Crippen LogP contribution in [0.15, 0.2) is 17.0 Å². The molecule has 0 radical (unpaired) electrons. The van der Waals surface area contributed by atoms with E-state index in [1.807, 2.05) is 0 Å². The van der Waals surface area contributed by atoms with E-state index < -0.39 is 17.0 Å². The highest BCUT2D eigenvalue weighted by Gasteiger charge is 2.19. The predicted octanol–water partition coefficient (Wildman–Crippen LogP) is 1.84. The molecule has 0 aromatic heterocycles. The van der Waals surface area contributed by atoms with Crippen molar-refractivity contribution in [1.82, 2.24) is 0 Å². The van der Waals surface area contributed by atoms with Gasteiger partial charge in [0.2, 0.25) is 0 Å². The van der Waals surface area contributed by atoms with Gasteiger partial charge < -0.3 is 9.66 Å². The van der Waals surface area contributed by atoms with E-state index in [4.69, 9.17) is 9.66 Å². The van der Waals surface area contributed by atoms with Gasteiger partial charge in [-0.15, -0.1) is 0 Å². The predicted molar refractivity (Wildman–Crippen MR) is 59.1 cm³/mol. The van der Waals surface area contributed by atoms with Crippen molar-refractivity contribution < 1.29 is 18.7 Å². The number of carbonyl (C=O) groups is 1. The summed E-state index contributed by atoms with van der Waals surface area (Å²) in [7, 11) is 0. The average molecular weight is 240 g/mol. The first kappa shape index (κ1) is 11.3. The maximum atomic E-state index is 11.2. The number of rotatable bonds is 2. The van der Waals surface area contributed by atoms with Crippen LogP contribution in [0, 0.1) is 0 Å². The molecule has 1 unspecified atom stereocenters. The molecule has 0 aliphatic heterocycles. The van der Waals surface area contributed by atoms with E-state index in [9.17, 15) is 9.00 Å². The second-order valence-corrected chi connectivity index (χ2v) is 4.81. The maximum Gasteiger partial charge on any atom is 0.335 e. The molecule has 0 fully saturated rings. The largest absolute Gasteiger partial charge is 0.478 e. The van der Waals surface area contributed by atoms with Crippen molar-refractivity contribution in [1.29, 1.82) is 0 Å². The number of hydrogen-bond donors (Lipinski definition) is 2. The van der Waals surface area contributed by atoms with Gasteiger partial charge in [0.1, 0.15) is 0 Å². The molecule has 1 aromatic carbocycles. The Morgan fingerprint density at radius 3 is 2.56 bits per heavy atom. The lowest BCUT2D eigenvalue weighted by Gasteiger charge is -2.18. The first-order valence-electron chi connectivity index (χ1n) is 5.09. The molecule has 0 spiro atoms. The number of fused-ring (bicyclic) bond motifs is 1. The Bertz CT molecular complexity index is 467. The van der Waals surface area contributed by atoms with Crippen molar-refractivity contribution >= 4 is 17.0 Å². The smallest absolute Gasteiger partial charge is 0.335 e. The number of aryl methyl sites for hydroxylation is 1. The van der Waals surface area contributed by atoms with E-state index in [1.54, 1.807) is 6.07 Å². The van der Waals surface area contributed by atoms with Crippen molar-refractivity contribution in [3.8, 4) is 0 Å². The van der Waals surface area contributed by atoms with Crippen LogP contribution in [0.1, 0.15) is 34.3 Å². The number of carboxylic acids is 1. The molecule has 1 atom stereocenters. The van der Waals surface area contributed by atoms with Crippen molar-refractivity contribution in [2.75, 3.05) is 0 Å². The second kappa shape index (κ2) is 4.35. The molecule has 1 aliphatic rings. The summed E-state index contributed by atoms with van der Waals surface area (Å²) < 4.78 is 20.3. The van der Waals surface area contributed by atoms with Crippen LogP contribution in [-0.2, 0) is 23.9 Å². The third-order valence-corrected chi connectivity index (χ3v) is 3.60. The zero-order chi connectivity index (χ0) is 11.7. The Balaban J connectivity index is 2.61. The van der Waals surface area contributed by atoms with Crippen LogP contribution in [0.2, 0.25) is 0 Å². The van der Waals surface area contributed by atoms with Crippen molar-refractivity contribution in [3.05, 3.63) is 28.8 Å². The van der Waals surface area contributed by atoms with E-state index >= 15 is 0 Å². The SMILES string of the molecule is O=C(O)c1cc2c(c(S(=O)O)c1)CCCC2. The van der Waals surface area contributed by atoms with E-state index in [2.05, 4.69) is 0 Å². The summed E-state index contributed by atoms with van der Waals surface area (Å²) in [6.07, 6.45) is 3.55. The lowest BCUT2D eigenvalue weighted by atomic mass is 9.90. The quantitative estimate of drug-likeness (QED) is 0.773. The molecule has 5 heteroatoms. The maximum absolute atomic E-state index is 11.2. The van der Waals surface area contributed by atoms with Crippen LogP contribution < -0.4 is 0 Å². The molecular weight excluding hydrogens is 228 g/mol. The molecular formula is C11H12O4S. The van der Waals surface area contributed by atoms with Gasteiger partial charge in [0.25, 0.3) is 0 Å². The zero-order valence-electron chi connectivity index (χ0n) is 8.60. The molecule has 0 heterocycles. The molecule has 4 nitrogen and oxygen atoms in total. The lowest BCUT2D eigenvalue weighted by Crippen LogP contribution is -2.10. The summed E-state index contributed by atoms with van der Waals surface area (Å²) in [5.41, 5.74) is 1.86. The van der Waals surface area contributed by atoms with E-state index in [0.29, 0.717) is 0 Å². The molecule has 0 saturated heterocycles. The van der Waals surface area contributed by atoms with Crippen molar-refractivity contribution in [2.45, 2.75) is 30.6 Å². The lowest BCUT2D eigenvalue weighted by molar-refractivity contribution is 0.0696. The van der Waals surface area contributed by atoms with Gasteiger partial charge in [-0.05, 0) is 48.9 Å². The fourth-order valence-corrected chi connectivity index (χ4v) is 2.78. The first-order valence-corrected chi connectivity index (χ1v) is 6.20. The van der Waals surface area contributed by atoms with Crippen LogP contribution >= 0.6 is 0 Å². The summed E-state index contributed by atoms with van der Waals surface area (Å²) >= 11 is -2.11. The molecule has 1 aliphatic carbocycles. The van der Waals surface area contributed by atoms with Crippen molar-refractivity contribution in [2.24, 2.45) is 0 Å². The molecule has 0 amide bonds. The van der Waals surface area contributed by atoms with Gasteiger partial charge in [-0.25, -0.2) is 9.00 Å². The fraction of sp³-hybridized carbons (Fsp3) is 0.364. The van der Waals surface area contributed by atoms with E-state index in [-0.39, 0.29) is 10.5 Å². The van der Waals surface area contributed by atoms with Crippen LogP contribution in [0.3, 0.4) is 0 Å². The minimum Gasteiger partial charge on any atom is -0.478 e. The molecule has 1 aromatic rings. The monoisotopic (exact) mass is 240 g/mol. The normalized spacial score (nSPS) is 16.6. The highest BCUT2D eigenvalue weighted by Crippen LogP contribution is 2.27. The Labute approximate surface area is 95.6 Å².